The van der Waals surface area contributed by atoms with E-state index in [0.29, 0.717) is 44.1 Å². The van der Waals surface area contributed by atoms with Gasteiger partial charge in [0.25, 0.3) is 10.0 Å². The number of sulfonamides is 1. The third-order valence-electron chi connectivity index (χ3n) is 6.99. The van der Waals surface area contributed by atoms with E-state index in [0.717, 1.165) is 11.3 Å². The molecule has 0 fully saturated rings. The van der Waals surface area contributed by atoms with Crippen LogP contribution in [0.15, 0.2) is 77.3 Å². The quantitative estimate of drug-likeness (QED) is 0.145. The second-order valence-electron chi connectivity index (χ2n) is 10.4. The highest BCUT2D eigenvalue weighted by Gasteiger charge is 2.28. The molecule has 0 spiro atoms. The highest BCUT2D eigenvalue weighted by Crippen LogP contribution is 2.28. The molecule has 0 aliphatic carbocycles. The molecular weight excluding hydrogens is 666 g/mol. The number of nitriles is 1. The molecule has 4 N–H and O–H groups in total. The van der Waals surface area contributed by atoms with Crippen LogP contribution >= 0.6 is 11.3 Å². The Hall–Kier alpha value is -5.44. The van der Waals surface area contributed by atoms with E-state index in [2.05, 4.69) is 20.6 Å². The van der Waals surface area contributed by atoms with E-state index in [1.807, 2.05) is 6.07 Å². The average molecular weight is 694 g/mol. The zero-order valence-electron chi connectivity index (χ0n) is 25.0. The van der Waals surface area contributed by atoms with Crippen LogP contribution in [0.3, 0.4) is 0 Å². The molecule has 5 rings (SSSR count). The van der Waals surface area contributed by atoms with Crippen LogP contribution in [0, 0.1) is 11.3 Å². The van der Waals surface area contributed by atoms with Gasteiger partial charge in [0, 0.05) is 12.8 Å². The van der Waals surface area contributed by atoms with E-state index in [1.165, 1.54) is 10.9 Å². The van der Waals surface area contributed by atoms with Crippen molar-refractivity contribution in [3.8, 4) is 17.6 Å². The lowest BCUT2D eigenvalue weighted by Crippen LogP contribution is -2.46. The number of benzene rings is 3. The summed E-state index contributed by atoms with van der Waals surface area (Å²) >= 11 is 0.906. The third kappa shape index (κ3) is 8.67. The summed E-state index contributed by atoms with van der Waals surface area (Å²) in [6.45, 7) is -0.800. The highest BCUT2D eigenvalue weighted by molar-refractivity contribution is 7.91. The Morgan fingerprint density at radius 2 is 1.73 bits per heavy atom. The van der Waals surface area contributed by atoms with Gasteiger partial charge in [0.05, 0.1) is 28.0 Å². The summed E-state index contributed by atoms with van der Waals surface area (Å²) in [5, 5.41) is 35.0. The van der Waals surface area contributed by atoms with Gasteiger partial charge < -0.3 is 19.9 Å². The number of ether oxygens (including phenoxy) is 2. The Morgan fingerprint density at radius 1 is 1.04 bits per heavy atom. The first-order chi connectivity index (χ1) is 23.0. The second kappa shape index (κ2) is 15.0. The lowest BCUT2D eigenvalue weighted by atomic mass is 10.0. The molecule has 0 aliphatic heterocycles. The van der Waals surface area contributed by atoms with Gasteiger partial charge in [-0.3, -0.25) is 4.79 Å². The predicted octanol–water partition coefficient (Wildman–Crippen LogP) is 2.93. The molecule has 0 unspecified atom stereocenters. The number of halogens is 1. The summed E-state index contributed by atoms with van der Waals surface area (Å²) in [4.78, 5) is 29.9. The van der Waals surface area contributed by atoms with Crippen LogP contribution in [0.1, 0.15) is 28.4 Å². The van der Waals surface area contributed by atoms with E-state index >= 15 is 0 Å². The number of hydrogen-bond acceptors (Lipinski definition) is 11. The maximum absolute atomic E-state index is 13.7. The lowest BCUT2D eigenvalue weighted by molar-refractivity contribution is -0.142. The van der Waals surface area contributed by atoms with Gasteiger partial charge in [-0.2, -0.15) is 5.26 Å². The number of carbonyl (C=O) groups is 2. The molecule has 0 aliphatic rings. The van der Waals surface area contributed by atoms with E-state index in [1.54, 1.807) is 66.7 Å². The van der Waals surface area contributed by atoms with Crippen LogP contribution in [0.25, 0.3) is 10.2 Å². The van der Waals surface area contributed by atoms with Crippen molar-refractivity contribution in [2.45, 2.75) is 35.9 Å². The number of nitrogens with one attached hydrogen (secondary N) is 1. The first-order valence-electron chi connectivity index (χ1n) is 14.3. The van der Waals surface area contributed by atoms with Crippen molar-refractivity contribution in [2.24, 2.45) is 5.14 Å². The number of carboxylic acids is 1. The van der Waals surface area contributed by atoms with Crippen molar-refractivity contribution in [1.29, 1.82) is 5.26 Å². The first kappa shape index (κ1) is 33.9. The fourth-order valence-corrected chi connectivity index (χ4v) is 6.30. The number of alkyl halides is 1. The van der Waals surface area contributed by atoms with Crippen LogP contribution in [0.4, 0.5) is 4.39 Å². The van der Waals surface area contributed by atoms with Gasteiger partial charge >= 0.3 is 5.97 Å². The first-order valence-corrected chi connectivity index (χ1v) is 16.7. The largest absolute Gasteiger partial charge is 0.491 e. The van der Waals surface area contributed by atoms with Crippen LogP contribution in [0.5, 0.6) is 11.5 Å². The summed E-state index contributed by atoms with van der Waals surface area (Å²) in [5.41, 5.74) is 2.51. The number of aliphatic carboxylic acids is 1. The van der Waals surface area contributed by atoms with Gasteiger partial charge in [-0.15, -0.1) is 16.4 Å². The van der Waals surface area contributed by atoms with Crippen molar-refractivity contribution in [3.63, 3.8) is 0 Å². The minimum Gasteiger partial charge on any atom is -0.491 e. The molecule has 2 heterocycles. The lowest BCUT2D eigenvalue weighted by Gasteiger charge is -2.21. The van der Waals surface area contributed by atoms with Gasteiger partial charge in [-0.05, 0) is 53.6 Å². The molecule has 1 amide bonds. The molecule has 2 aromatic heterocycles. The molecule has 0 saturated carbocycles. The number of primary sulfonamides is 1. The predicted molar refractivity (Wildman–Crippen MR) is 170 cm³/mol. The fraction of sp³-hybridized carbons (Fsp3) is 0.226. The molecule has 5 aromatic rings. The number of nitrogens with zero attached hydrogens (tertiary/aromatic N) is 5. The molecule has 0 bridgehead atoms. The van der Waals surface area contributed by atoms with E-state index in [9.17, 15) is 27.5 Å². The topological polar surface area (TPSA) is 212 Å². The maximum atomic E-state index is 13.7. The van der Waals surface area contributed by atoms with Crippen molar-refractivity contribution in [2.75, 3.05) is 13.3 Å². The van der Waals surface area contributed by atoms with Crippen LogP contribution in [-0.2, 0) is 39.1 Å². The third-order valence-corrected chi connectivity index (χ3v) is 9.32. The van der Waals surface area contributed by atoms with E-state index in [-0.39, 0.29) is 30.4 Å². The molecule has 17 heteroatoms. The van der Waals surface area contributed by atoms with Gasteiger partial charge in [-0.1, -0.05) is 29.5 Å². The standard InChI is InChI=1S/C31H28FN7O7S2/c32-11-12-45-23-7-5-20(6-8-23)14-27(29(40)35-26(30(41)42)13-19-1-3-21(16-33)4-2-19)39-17-22(37-38-39)18-46-24-9-10-25-28(15-24)47-31(36-25)48(34,43)44/h1-10,15,17,26-27H,11-14,18H2,(H,35,40)(H,41,42)(H2,34,43,44)/t26-,27-/m0/s1. The Labute approximate surface area is 277 Å². The van der Waals surface area contributed by atoms with E-state index in [4.69, 9.17) is 19.9 Å². The number of rotatable bonds is 15. The molecule has 14 nitrogen and oxygen atoms in total. The average Bonchev–Trinajstić information content (AvgIpc) is 3.73. The molecule has 0 saturated heterocycles. The van der Waals surface area contributed by atoms with Crippen molar-refractivity contribution < 1.29 is 37.0 Å². The molecule has 248 valence electrons. The Bertz CT molecular complexity index is 2060. The molecular formula is C31H28FN7O7S2. The Balaban J connectivity index is 1.34. The number of carbonyl (C=O) groups excluding carboxylic acids is 1. The maximum Gasteiger partial charge on any atom is 0.326 e. The minimum atomic E-state index is -3.96. The fourth-order valence-electron chi connectivity index (χ4n) is 4.61. The zero-order chi connectivity index (χ0) is 34.3. The summed E-state index contributed by atoms with van der Waals surface area (Å²) in [6, 6.07) is 17.6. The Morgan fingerprint density at radius 3 is 2.40 bits per heavy atom. The number of thiazole rings is 1. The SMILES string of the molecule is N#Cc1ccc(C[C@H](NC(=O)[C@H](Cc2ccc(OCCF)cc2)n2cc(COc3ccc4nc(S(N)(=O)=O)sc4c3)nn2)C(=O)O)cc1. The van der Waals surface area contributed by atoms with Crippen LogP contribution < -0.4 is 19.9 Å². The number of nitrogens with two attached hydrogens (primary N) is 1. The zero-order valence-corrected chi connectivity index (χ0v) is 26.7. The summed E-state index contributed by atoms with van der Waals surface area (Å²) in [6.07, 6.45) is 1.57. The number of hydrogen-bond donors (Lipinski definition) is 3. The highest BCUT2D eigenvalue weighted by atomic mass is 32.2. The molecule has 2 atom stereocenters. The van der Waals surface area contributed by atoms with Crippen LogP contribution in [0.2, 0.25) is 0 Å². The van der Waals surface area contributed by atoms with E-state index < -0.39 is 40.7 Å². The molecule has 0 radical (unpaired) electrons. The Kier molecular flexibility index (Phi) is 10.6. The minimum absolute atomic E-state index is 0.0284. The number of fused-ring (bicyclic) bond motifs is 1. The molecule has 48 heavy (non-hydrogen) atoms. The van der Waals surface area contributed by atoms with Crippen molar-refractivity contribution >= 4 is 43.5 Å². The summed E-state index contributed by atoms with van der Waals surface area (Å²) < 4.78 is 48.6. The molecule has 3 aromatic carbocycles. The smallest absolute Gasteiger partial charge is 0.326 e. The second-order valence-corrected chi connectivity index (χ2v) is 13.2. The monoisotopic (exact) mass is 693 g/mol. The van der Waals surface area contributed by atoms with Crippen molar-refractivity contribution in [3.05, 3.63) is 95.3 Å². The number of aromatic nitrogens is 4. The summed E-state index contributed by atoms with van der Waals surface area (Å²) in [5.74, 6) is -1.03. The van der Waals surface area contributed by atoms with Gasteiger partial charge in [-0.25, -0.2) is 32.4 Å². The normalized spacial score (nSPS) is 12.6. The number of amides is 1. The van der Waals surface area contributed by atoms with Crippen LogP contribution in [-0.4, -0.2) is 64.7 Å². The van der Waals surface area contributed by atoms with Gasteiger partial charge in [0.2, 0.25) is 10.2 Å². The number of carboxylic acid groups (broad SMARTS) is 1. The van der Waals surface area contributed by atoms with Gasteiger partial charge in [0.15, 0.2) is 0 Å². The van der Waals surface area contributed by atoms with Crippen molar-refractivity contribution in [1.82, 2.24) is 25.3 Å². The summed E-state index contributed by atoms with van der Waals surface area (Å²) in [7, 11) is -3.96. The van der Waals surface area contributed by atoms with Gasteiger partial charge in [0.1, 0.15) is 49.2 Å².